The van der Waals surface area contributed by atoms with E-state index in [1.165, 1.54) is 12.1 Å². The first-order chi connectivity index (χ1) is 8.49. The average molecular weight is 378 g/mol. The van der Waals surface area contributed by atoms with E-state index >= 15 is 0 Å². The van der Waals surface area contributed by atoms with Crippen molar-refractivity contribution in [1.82, 2.24) is 4.98 Å². The summed E-state index contributed by atoms with van der Waals surface area (Å²) in [6, 6.07) is 4.34. The highest BCUT2D eigenvalue weighted by molar-refractivity contribution is 9.11. The Balaban J connectivity index is 2.43. The molecule has 1 aromatic carbocycles. The molecule has 2 aromatic rings. The Morgan fingerprint density at radius 3 is 2.61 bits per heavy atom. The zero-order valence-corrected chi connectivity index (χ0v) is 12.4. The first kappa shape index (κ1) is 13.4. The summed E-state index contributed by atoms with van der Waals surface area (Å²) >= 11 is 6.53. The lowest BCUT2D eigenvalue weighted by Gasteiger charge is -2.11. The van der Waals surface area contributed by atoms with Gasteiger partial charge < -0.3 is 5.32 Å². The van der Waals surface area contributed by atoms with Gasteiger partial charge in [-0.3, -0.25) is 0 Å². The predicted molar refractivity (Wildman–Crippen MR) is 74.0 cm³/mol. The topological polar surface area (TPSA) is 24.9 Å². The zero-order valence-electron chi connectivity index (χ0n) is 9.27. The molecule has 1 N–H and O–H groups in total. The lowest BCUT2D eigenvalue weighted by atomic mass is 10.2. The van der Waals surface area contributed by atoms with Gasteiger partial charge in [-0.15, -0.1) is 0 Å². The molecule has 0 radical (unpaired) electrons. The third-order valence-electron chi connectivity index (χ3n) is 2.34. The highest BCUT2D eigenvalue weighted by atomic mass is 79.9. The Morgan fingerprint density at radius 2 is 1.94 bits per heavy atom. The lowest BCUT2D eigenvalue weighted by Crippen LogP contribution is -2.01. The molecular formula is C12H8Br2F2N2. The maximum Gasteiger partial charge on any atom is 0.152 e. The monoisotopic (exact) mass is 376 g/mol. The minimum absolute atomic E-state index is 0.203. The first-order valence-corrected chi connectivity index (χ1v) is 6.60. The van der Waals surface area contributed by atoms with Gasteiger partial charge in [-0.25, -0.2) is 13.8 Å². The predicted octanol–water partition coefficient (Wildman–Crippen LogP) is 4.94. The molecule has 18 heavy (non-hydrogen) atoms. The number of aromatic nitrogens is 1. The van der Waals surface area contributed by atoms with Crippen molar-refractivity contribution in [3.05, 3.63) is 50.5 Å². The van der Waals surface area contributed by atoms with Crippen molar-refractivity contribution in [2.24, 2.45) is 0 Å². The molecule has 1 aromatic heterocycles. The van der Waals surface area contributed by atoms with Gasteiger partial charge in [-0.1, -0.05) is 6.07 Å². The molecule has 1 heterocycles. The zero-order chi connectivity index (χ0) is 13.3. The number of hydrogen-bond acceptors (Lipinski definition) is 2. The Labute approximate surface area is 120 Å². The SMILES string of the molecule is Cc1ccc(F)c(Nc2ncc(Br)cc2Br)c1F. The summed E-state index contributed by atoms with van der Waals surface area (Å²) in [7, 11) is 0. The molecular weight excluding hydrogens is 370 g/mol. The van der Waals surface area contributed by atoms with Crippen molar-refractivity contribution in [2.75, 3.05) is 5.32 Å². The maximum absolute atomic E-state index is 13.8. The summed E-state index contributed by atoms with van der Waals surface area (Å²) in [5.41, 5.74) is 0.164. The van der Waals surface area contributed by atoms with E-state index in [9.17, 15) is 8.78 Å². The molecule has 0 spiro atoms. The third-order valence-corrected chi connectivity index (χ3v) is 3.37. The van der Waals surface area contributed by atoms with Crippen LogP contribution in [0.4, 0.5) is 20.3 Å². The lowest BCUT2D eigenvalue weighted by molar-refractivity contribution is 0.584. The number of rotatable bonds is 2. The second-order valence-electron chi connectivity index (χ2n) is 3.66. The standard InChI is InChI=1S/C12H8Br2F2N2/c1-6-2-3-9(15)11(10(6)16)18-12-8(14)4-7(13)5-17-12/h2-5H,1H3,(H,17,18). The molecule has 0 unspecified atom stereocenters. The molecule has 0 aliphatic rings. The Morgan fingerprint density at radius 1 is 1.22 bits per heavy atom. The van der Waals surface area contributed by atoms with E-state index in [4.69, 9.17) is 0 Å². The summed E-state index contributed by atoms with van der Waals surface area (Å²) < 4.78 is 28.8. The molecule has 6 heteroatoms. The van der Waals surface area contributed by atoms with Crippen LogP contribution >= 0.6 is 31.9 Å². The molecule has 2 nitrogen and oxygen atoms in total. The highest BCUT2D eigenvalue weighted by Crippen LogP contribution is 2.29. The van der Waals surface area contributed by atoms with Crippen LogP contribution in [0.1, 0.15) is 5.56 Å². The minimum Gasteiger partial charge on any atom is -0.334 e. The van der Waals surface area contributed by atoms with E-state index in [2.05, 4.69) is 42.2 Å². The van der Waals surface area contributed by atoms with Gasteiger partial charge in [0.2, 0.25) is 0 Å². The van der Waals surface area contributed by atoms with Crippen molar-refractivity contribution in [3.8, 4) is 0 Å². The van der Waals surface area contributed by atoms with Gasteiger partial charge in [0.25, 0.3) is 0 Å². The first-order valence-electron chi connectivity index (χ1n) is 5.01. The maximum atomic E-state index is 13.8. The summed E-state index contributed by atoms with van der Waals surface area (Å²) in [6.07, 6.45) is 1.54. The second-order valence-corrected chi connectivity index (χ2v) is 5.43. The average Bonchev–Trinajstić information content (AvgIpc) is 2.32. The van der Waals surface area contributed by atoms with Crippen molar-refractivity contribution < 1.29 is 8.78 Å². The second kappa shape index (κ2) is 5.32. The Hall–Kier alpha value is -1.01. The van der Waals surface area contributed by atoms with Crippen LogP contribution in [0.15, 0.2) is 33.3 Å². The number of aryl methyl sites for hydroxylation is 1. The van der Waals surface area contributed by atoms with Crippen molar-refractivity contribution >= 4 is 43.4 Å². The van der Waals surface area contributed by atoms with E-state index in [1.807, 2.05) is 0 Å². The Bertz CT molecular complexity index is 603. The van der Waals surface area contributed by atoms with Gasteiger partial charge in [0.15, 0.2) is 5.82 Å². The van der Waals surface area contributed by atoms with Crippen LogP contribution < -0.4 is 5.32 Å². The number of anilines is 2. The van der Waals surface area contributed by atoms with E-state index in [1.54, 1.807) is 19.2 Å². The molecule has 0 fully saturated rings. The highest BCUT2D eigenvalue weighted by Gasteiger charge is 2.13. The fraction of sp³-hybridized carbons (Fsp3) is 0.0833. The molecule has 0 aliphatic carbocycles. The van der Waals surface area contributed by atoms with E-state index in [-0.39, 0.29) is 5.69 Å². The molecule has 0 bridgehead atoms. The fourth-order valence-corrected chi connectivity index (χ4v) is 2.48. The van der Waals surface area contributed by atoms with Crippen LogP contribution in [0.3, 0.4) is 0 Å². The number of nitrogens with zero attached hydrogens (tertiary/aromatic N) is 1. The molecule has 0 saturated heterocycles. The van der Waals surface area contributed by atoms with Gasteiger partial charge in [0.1, 0.15) is 17.3 Å². The van der Waals surface area contributed by atoms with Crippen molar-refractivity contribution in [3.63, 3.8) is 0 Å². The smallest absolute Gasteiger partial charge is 0.152 e. The van der Waals surface area contributed by atoms with Crippen LogP contribution in [0.5, 0.6) is 0 Å². The number of nitrogens with one attached hydrogen (secondary N) is 1. The van der Waals surface area contributed by atoms with E-state index in [0.717, 1.165) is 4.47 Å². The van der Waals surface area contributed by atoms with Crippen LogP contribution in [0.25, 0.3) is 0 Å². The van der Waals surface area contributed by atoms with Crippen molar-refractivity contribution in [2.45, 2.75) is 6.92 Å². The quantitative estimate of drug-likeness (QED) is 0.801. The molecule has 94 valence electrons. The normalized spacial score (nSPS) is 10.5. The number of halogens is 4. The third kappa shape index (κ3) is 2.70. The number of hydrogen-bond donors (Lipinski definition) is 1. The van der Waals surface area contributed by atoms with Crippen LogP contribution in [-0.4, -0.2) is 4.98 Å². The largest absolute Gasteiger partial charge is 0.334 e. The minimum atomic E-state index is -0.658. The summed E-state index contributed by atoms with van der Waals surface area (Å²) in [5, 5.41) is 2.65. The van der Waals surface area contributed by atoms with Crippen LogP contribution in [0, 0.1) is 18.6 Å². The number of benzene rings is 1. The van der Waals surface area contributed by atoms with E-state index in [0.29, 0.717) is 15.9 Å². The molecule has 2 rings (SSSR count). The van der Waals surface area contributed by atoms with Gasteiger partial charge in [0, 0.05) is 10.7 Å². The fourth-order valence-electron chi connectivity index (χ4n) is 1.40. The van der Waals surface area contributed by atoms with Gasteiger partial charge in [-0.2, -0.15) is 0 Å². The molecule has 0 saturated carbocycles. The van der Waals surface area contributed by atoms with Crippen molar-refractivity contribution in [1.29, 1.82) is 0 Å². The molecule has 0 atom stereocenters. The van der Waals surface area contributed by atoms with Crippen LogP contribution in [0.2, 0.25) is 0 Å². The van der Waals surface area contributed by atoms with Crippen LogP contribution in [-0.2, 0) is 0 Å². The summed E-state index contributed by atoms with van der Waals surface area (Å²) in [5.74, 6) is -0.928. The number of pyridine rings is 1. The van der Waals surface area contributed by atoms with Gasteiger partial charge in [0.05, 0.1) is 4.47 Å². The summed E-state index contributed by atoms with van der Waals surface area (Å²) in [6.45, 7) is 1.57. The van der Waals surface area contributed by atoms with E-state index < -0.39 is 11.6 Å². The molecule has 0 amide bonds. The summed E-state index contributed by atoms with van der Waals surface area (Å²) in [4.78, 5) is 4.05. The molecule has 0 aliphatic heterocycles. The van der Waals surface area contributed by atoms with Gasteiger partial charge in [-0.05, 0) is 56.5 Å². The van der Waals surface area contributed by atoms with Gasteiger partial charge >= 0.3 is 0 Å². The Kier molecular flexibility index (Phi) is 3.97.